The SMILES string of the molecule is CCCC(CC(CO)C(=O)O)C(C)(C)c1ccc(O)cc1. The third-order valence-electron chi connectivity index (χ3n) is 4.41. The first kappa shape index (κ1) is 17.5. The highest BCUT2D eigenvalue weighted by molar-refractivity contribution is 5.70. The number of benzene rings is 1. The van der Waals surface area contributed by atoms with E-state index in [0.29, 0.717) is 6.42 Å². The smallest absolute Gasteiger partial charge is 0.308 e. The molecule has 0 radical (unpaired) electrons. The molecule has 0 saturated heterocycles. The van der Waals surface area contributed by atoms with Crippen molar-refractivity contribution >= 4 is 5.97 Å². The van der Waals surface area contributed by atoms with E-state index >= 15 is 0 Å². The maximum absolute atomic E-state index is 11.2. The fraction of sp³-hybridized carbons (Fsp3) is 0.588. The molecule has 118 valence electrons. The van der Waals surface area contributed by atoms with E-state index in [2.05, 4.69) is 20.8 Å². The van der Waals surface area contributed by atoms with Gasteiger partial charge in [0.05, 0.1) is 12.5 Å². The molecule has 4 heteroatoms. The first-order valence-corrected chi connectivity index (χ1v) is 7.46. The Hall–Kier alpha value is -1.55. The fourth-order valence-electron chi connectivity index (χ4n) is 2.85. The molecule has 0 spiro atoms. The lowest BCUT2D eigenvalue weighted by atomic mass is 9.68. The molecule has 0 amide bonds. The molecule has 2 atom stereocenters. The highest BCUT2D eigenvalue weighted by Gasteiger charge is 2.34. The van der Waals surface area contributed by atoms with Gasteiger partial charge in [0.2, 0.25) is 0 Å². The summed E-state index contributed by atoms with van der Waals surface area (Å²) in [4.78, 5) is 11.2. The van der Waals surface area contributed by atoms with Crippen molar-refractivity contribution < 1.29 is 20.1 Å². The second-order valence-electron chi connectivity index (χ2n) is 6.21. The number of phenolic OH excluding ortho intramolecular Hbond substituents is 1. The summed E-state index contributed by atoms with van der Waals surface area (Å²) >= 11 is 0. The minimum atomic E-state index is -0.944. The Balaban J connectivity index is 3.01. The quantitative estimate of drug-likeness (QED) is 0.688. The van der Waals surface area contributed by atoms with Crippen LogP contribution in [-0.2, 0) is 10.2 Å². The van der Waals surface area contributed by atoms with Crippen LogP contribution in [0.5, 0.6) is 5.75 Å². The molecule has 1 aromatic carbocycles. The summed E-state index contributed by atoms with van der Waals surface area (Å²) in [5, 5.41) is 27.9. The summed E-state index contributed by atoms with van der Waals surface area (Å²) in [7, 11) is 0. The predicted octanol–water partition coefficient (Wildman–Crippen LogP) is 3.17. The Morgan fingerprint density at radius 1 is 1.24 bits per heavy atom. The largest absolute Gasteiger partial charge is 0.508 e. The molecule has 4 nitrogen and oxygen atoms in total. The monoisotopic (exact) mass is 294 g/mol. The molecule has 21 heavy (non-hydrogen) atoms. The van der Waals surface area contributed by atoms with Crippen molar-refractivity contribution in [2.75, 3.05) is 6.61 Å². The van der Waals surface area contributed by atoms with Gasteiger partial charge in [-0.1, -0.05) is 39.3 Å². The van der Waals surface area contributed by atoms with Crippen LogP contribution in [0.25, 0.3) is 0 Å². The number of aliphatic hydroxyl groups excluding tert-OH is 1. The molecule has 0 bridgehead atoms. The minimum Gasteiger partial charge on any atom is -0.508 e. The molecule has 1 aromatic rings. The Kier molecular flexibility index (Phi) is 6.21. The lowest BCUT2D eigenvalue weighted by Gasteiger charge is -2.36. The van der Waals surface area contributed by atoms with Gasteiger partial charge in [0.15, 0.2) is 0 Å². The molecule has 1 rings (SSSR count). The van der Waals surface area contributed by atoms with Crippen molar-refractivity contribution in [2.24, 2.45) is 11.8 Å². The Labute approximate surface area is 126 Å². The molecule has 0 fully saturated rings. The van der Waals surface area contributed by atoms with Crippen molar-refractivity contribution in [1.29, 1.82) is 0 Å². The number of aliphatic hydroxyl groups is 1. The number of carboxylic acids is 1. The molecule has 2 unspecified atom stereocenters. The fourth-order valence-corrected chi connectivity index (χ4v) is 2.85. The van der Waals surface area contributed by atoms with Gasteiger partial charge < -0.3 is 15.3 Å². The number of hydrogen-bond donors (Lipinski definition) is 3. The van der Waals surface area contributed by atoms with Crippen molar-refractivity contribution in [2.45, 2.75) is 45.4 Å². The van der Waals surface area contributed by atoms with Crippen molar-refractivity contribution in [3.05, 3.63) is 29.8 Å². The van der Waals surface area contributed by atoms with Crippen molar-refractivity contribution in [1.82, 2.24) is 0 Å². The molecule has 0 aliphatic carbocycles. The molecule has 0 aliphatic rings. The van der Waals surface area contributed by atoms with E-state index in [1.165, 1.54) is 0 Å². The van der Waals surface area contributed by atoms with Crippen LogP contribution in [0.15, 0.2) is 24.3 Å². The number of aromatic hydroxyl groups is 1. The van der Waals surface area contributed by atoms with Gasteiger partial charge in [0.25, 0.3) is 0 Å². The van der Waals surface area contributed by atoms with Crippen LogP contribution in [-0.4, -0.2) is 27.9 Å². The Morgan fingerprint density at radius 2 is 1.81 bits per heavy atom. The number of aliphatic carboxylic acids is 1. The van der Waals surface area contributed by atoms with Gasteiger partial charge in [0, 0.05) is 0 Å². The maximum Gasteiger partial charge on any atom is 0.308 e. The highest BCUT2D eigenvalue weighted by atomic mass is 16.4. The van der Waals surface area contributed by atoms with E-state index in [-0.39, 0.29) is 23.7 Å². The maximum atomic E-state index is 11.2. The summed E-state index contributed by atoms with van der Waals surface area (Å²) in [6, 6.07) is 7.07. The summed E-state index contributed by atoms with van der Waals surface area (Å²) in [5.74, 6) is -1.29. The zero-order chi connectivity index (χ0) is 16.0. The van der Waals surface area contributed by atoms with Gasteiger partial charge in [-0.3, -0.25) is 4.79 Å². The zero-order valence-electron chi connectivity index (χ0n) is 13.0. The van der Waals surface area contributed by atoms with Crippen LogP contribution in [0.1, 0.15) is 45.6 Å². The van der Waals surface area contributed by atoms with Crippen LogP contribution in [0.2, 0.25) is 0 Å². The number of hydrogen-bond acceptors (Lipinski definition) is 3. The number of carbonyl (C=O) groups is 1. The minimum absolute atomic E-state index is 0.153. The van der Waals surface area contributed by atoms with Crippen LogP contribution in [0.3, 0.4) is 0 Å². The van der Waals surface area contributed by atoms with E-state index in [0.717, 1.165) is 18.4 Å². The van der Waals surface area contributed by atoms with Crippen LogP contribution in [0, 0.1) is 11.8 Å². The van der Waals surface area contributed by atoms with Crippen LogP contribution in [0.4, 0.5) is 0 Å². The van der Waals surface area contributed by atoms with Crippen molar-refractivity contribution in [3.63, 3.8) is 0 Å². The van der Waals surface area contributed by atoms with Gasteiger partial charge in [-0.05, 0) is 41.9 Å². The lowest BCUT2D eigenvalue weighted by Crippen LogP contribution is -2.33. The second kappa shape index (κ2) is 7.46. The second-order valence-corrected chi connectivity index (χ2v) is 6.21. The average Bonchev–Trinajstić information content (AvgIpc) is 2.43. The Morgan fingerprint density at radius 3 is 2.24 bits per heavy atom. The third kappa shape index (κ3) is 4.46. The average molecular weight is 294 g/mol. The topological polar surface area (TPSA) is 77.8 Å². The normalized spacial score (nSPS) is 14.7. The zero-order valence-corrected chi connectivity index (χ0v) is 13.0. The molecule has 0 heterocycles. The lowest BCUT2D eigenvalue weighted by molar-refractivity contribution is -0.144. The molecular weight excluding hydrogens is 268 g/mol. The van der Waals surface area contributed by atoms with Crippen molar-refractivity contribution in [3.8, 4) is 5.75 Å². The first-order chi connectivity index (χ1) is 9.82. The number of carboxylic acid groups (broad SMARTS) is 1. The number of rotatable bonds is 8. The van der Waals surface area contributed by atoms with E-state index in [1.54, 1.807) is 12.1 Å². The van der Waals surface area contributed by atoms with Gasteiger partial charge in [0.1, 0.15) is 5.75 Å². The molecule has 3 N–H and O–H groups in total. The summed E-state index contributed by atoms with van der Waals surface area (Å²) in [6.45, 7) is 5.93. The van der Waals surface area contributed by atoms with Crippen LogP contribution < -0.4 is 0 Å². The van der Waals surface area contributed by atoms with Gasteiger partial charge >= 0.3 is 5.97 Å². The summed E-state index contributed by atoms with van der Waals surface area (Å²) < 4.78 is 0. The van der Waals surface area contributed by atoms with Crippen LogP contribution >= 0.6 is 0 Å². The van der Waals surface area contributed by atoms with E-state index in [4.69, 9.17) is 5.11 Å². The van der Waals surface area contributed by atoms with E-state index in [1.807, 2.05) is 12.1 Å². The first-order valence-electron chi connectivity index (χ1n) is 7.46. The van der Waals surface area contributed by atoms with Gasteiger partial charge in [-0.25, -0.2) is 0 Å². The van der Waals surface area contributed by atoms with Gasteiger partial charge in [-0.15, -0.1) is 0 Å². The molecule has 0 aliphatic heterocycles. The number of phenols is 1. The molecule has 0 aromatic heterocycles. The van der Waals surface area contributed by atoms with E-state index in [9.17, 15) is 15.0 Å². The summed E-state index contributed by atoms with van der Waals surface area (Å²) in [6.07, 6.45) is 2.31. The molecule has 0 saturated carbocycles. The Bertz CT molecular complexity index is 450. The van der Waals surface area contributed by atoms with E-state index < -0.39 is 11.9 Å². The standard InChI is InChI=1S/C17H26O4/c1-4-5-14(10-12(11-18)16(20)21)17(2,3)13-6-8-15(19)9-7-13/h6-9,12,14,18-19H,4-5,10-11H2,1-3H3,(H,20,21). The molecular formula is C17H26O4. The summed E-state index contributed by atoms with van der Waals surface area (Å²) in [5.41, 5.74) is 0.855. The highest BCUT2D eigenvalue weighted by Crippen LogP contribution is 2.39. The van der Waals surface area contributed by atoms with Gasteiger partial charge in [-0.2, -0.15) is 0 Å². The third-order valence-corrected chi connectivity index (χ3v) is 4.41. The predicted molar refractivity (Wildman–Crippen MR) is 82.4 cm³/mol.